The first kappa shape index (κ1) is 86.8. The topological polar surface area (TPSA) is 167 Å². The number of anilines is 6. The van der Waals surface area contributed by atoms with Gasteiger partial charge in [-0.25, -0.2) is 44.9 Å². The molecular weight excluding hydrogens is 1810 g/mol. The van der Waals surface area contributed by atoms with Gasteiger partial charge in [-0.2, -0.15) is 0 Å². The number of hydrogen-bond donors (Lipinski definition) is 0. The van der Waals surface area contributed by atoms with E-state index in [9.17, 15) is 0 Å². The molecule has 7 aromatic heterocycles. The summed E-state index contributed by atoms with van der Waals surface area (Å²) in [5, 5.41) is 17.1. The van der Waals surface area contributed by atoms with Crippen LogP contribution in [0, 0.1) is 0 Å². The van der Waals surface area contributed by atoms with Crippen LogP contribution in [0.25, 0.3) is 239 Å². The summed E-state index contributed by atoms with van der Waals surface area (Å²) < 4.78 is 22.6. The molecule has 7 heterocycles. The summed E-state index contributed by atoms with van der Waals surface area (Å²) in [6.07, 6.45) is 0. The van der Waals surface area contributed by atoms with Gasteiger partial charge in [0.1, 0.15) is 33.5 Å². The van der Waals surface area contributed by atoms with Gasteiger partial charge in [0, 0.05) is 167 Å². The Morgan fingerprint density at radius 3 is 0.730 bits per heavy atom. The Kier molecular flexibility index (Phi) is 21.9. The number of benzene rings is 22. The minimum Gasteiger partial charge on any atom is -0.455 e. The van der Waals surface area contributed by atoms with Crippen LogP contribution in [0.15, 0.2) is 523 Å². The van der Waals surface area contributed by atoms with E-state index in [4.69, 9.17) is 58.1 Å². The van der Waals surface area contributed by atoms with E-state index in [0.717, 1.165) is 188 Å². The lowest BCUT2D eigenvalue weighted by atomic mass is 9.99. The second kappa shape index (κ2) is 37.3. The number of para-hydroxylation sites is 5. The Hall–Kier alpha value is -20.3. The summed E-state index contributed by atoms with van der Waals surface area (Å²) in [6, 6.07) is 175. The Bertz CT molecular complexity index is 9860. The summed E-state index contributed by atoms with van der Waals surface area (Å²) in [5.41, 5.74) is 23.1. The van der Waals surface area contributed by atoms with Crippen molar-refractivity contribution < 1.29 is 13.3 Å². The zero-order valence-corrected chi connectivity index (χ0v) is 79.6. The predicted octanol–water partition coefficient (Wildman–Crippen LogP) is 35.0. The van der Waals surface area contributed by atoms with E-state index in [1.165, 1.54) is 32.6 Å². The lowest BCUT2D eigenvalue weighted by Gasteiger charge is -2.25. The molecule has 0 unspecified atom stereocenters. The summed E-state index contributed by atoms with van der Waals surface area (Å²) in [5.74, 6) is 5.65. The minimum absolute atomic E-state index is 0.614. The highest BCUT2D eigenvalue weighted by atomic mass is 16.3. The van der Waals surface area contributed by atoms with Crippen molar-refractivity contribution in [3.63, 3.8) is 0 Å². The lowest BCUT2D eigenvalue weighted by Crippen LogP contribution is -2.09. The van der Waals surface area contributed by atoms with E-state index >= 15 is 0 Å². The quantitative estimate of drug-likeness (QED) is 0.0896. The van der Waals surface area contributed by atoms with E-state index < -0.39 is 0 Å². The molecule has 15 heteroatoms. The lowest BCUT2D eigenvalue weighted by molar-refractivity contribution is 0.672. The fourth-order valence-electron chi connectivity index (χ4n) is 20.7. The normalized spacial score (nSPS) is 11.5. The van der Waals surface area contributed by atoms with Crippen molar-refractivity contribution in [3.05, 3.63) is 510 Å². The molecule has 0 aliphatic carbocycles. The van der Waals surface area contributed by atoms with Crippen LogP contribution in [0.4, 0.5) is 34.1 Å². The Labute approximate surface area is 849 Å². The van der Waals surface area contributed by atoms with Crippen molar-refractivity contribution >= 4 is 165 Å². The maximum Gasteiger partial charge on any atom is 0.164 e. The average Bonchev–Trinajstić information content (AvgIpc) is 1.56. The third-order valence-electron chi connectivity index (χ3n) is 27.6. The van der Waals surface area contributed by atoms with Gasteiger partial charge in [0.05, 0.1) is 11.0 Å². The van der Waals surface area contributed by atoms with Crippen LogP contribution in [0.5, 0.6) is 0 Å². The van der Waals surface area contributed by atoms with Crippen LogP contribution in [0.2, 0.25) is 0 Å². The standard InChI is InChI=1S/C47H30N4O.C43H26N4O.C43H28N4O/c1-4-15-32(16-5-1)45-48-46(33-17-6-2-7-18-33)50-47(49-45)42-30-41-39-27-26-37(29-43(39)52-44(41)40-23-13-12-22-38(40)42)51(35-20-8-3-9-21-35)36-25-24-31-14-10-11-19-34(31)28-36;1-3-13-27(14-4-1)41-44-42(28-15-5-2-6-16-28)46-43(45-41)36-26-35-33-24-23-29(25-39(33)48-40(35)34-20-8-7-17-30(34)36)47-37-21-11-9-18-31(37)32-19-10-12-22-38(32)47;1-5-15-29(16-6-1)41-44-42(30-17-7-2-8-18-30)46-43(45-41)38-28-37-35-26-25-33(27-39(35)48-40(37)36-24-14-13-23-34(36)38)47(31-19-9-3-10-20-31)32-21-11-4-12-22-32/h1-30H;1-26H;1-28H. The van der Waals surface area contributed by atoms with Gasteiger partial charge in [-0.3, -0.25) is 0 Å². The number of nitrogens with zero attached hydrogens (tertiary/aromatic N) is 12. The van der Waals surface area contributed by atoms with E-state index in [1.54, 1.807) is 0 Å². The molecule has 0 radical (unpaired) electrons. The van der Waals surface area contributed by atoms with Crippen LogP contribution in [0.3, 0.4) is 0 Å². The van der Waals surface area contributed by atoms with Crippen molar-refractivity contribution in [2.45, 2.75) is 0 Å². The SMILES string of the molecule is c1ccc(-c2nc(-c3ccccc3)nc(-c3cc4c5ccc(-n6c7ccccc7c7ccccc76)cc5oc4c4ccccc34)n2)cc1.c1ccc(-c2nc(-c3ccccc3)nc(-c3cc4c5ccc(N(c6ccccc6)c6ccc7ccccc7c6)cc5oc4c4ccccc34)n2)cc1.c1ccc(-c2nc(-c3ccccc3)nc(-c3cc4c5ccc(N(c6ccccc6)c6ccccc6)cc5oc4c4ccccc34)n2)cc1. The van der Waals surface area contributed by atoms with Crippen molar-refractivity contribution in [2.75, 3.05) is 9.80 Å². The number of fused-ring (bicyclic) bond motifs is 19. The fourth-order valence-corrected chi connectivity index (χ4v) is 20.7. The van der Waals surface area contributed by atoms with Crippen molar-refractivity contribution in [3.8, 4) is 108 Å². The summed E-state index contributed by atoms with van der Waals surface area (Å²) in [4.78, 5) is 49.7. The number of rotatable bonds is 16. The molecule has 0 aliphatic rings. The molecule has 0 saturated carbocycles. The second-order valence-electron chi connectivity index (χ2n) is 36.6. The fraction of sp³-hybridized carbons (Fsp3) is 0. The van der Waals surface area contributed by atoms with Crippen molar-refractivity contribution in [2.24, 2.45) is 0 Å². The van der Waals surface area contributed by atoms with Crippen molar-refractivity contribution in [1.82, 2.24) is 49.4 Å². The first-order valence-corrected chi connectivity index (χ1v) is 49.4. The highest BCUT2D eigenvalue weighted by Gasteiger charge is 2.27. The van der Waals surface area contributed by atoms with Gasteiger partial charge in [0.2, 0.25) is 0 Å². The Balaban J connectivity index is 0.000000110. The van der Waals surface area contributed by atoms with E-state index in [0.29, 0.717) is 52.4 Å². The van der Waals surface area contributed by atoms with Crippen LogP contribution < -0.4 is 9.80 Å². The largest absolute Gasteiger partial charge is 0.455 e. The third kappa shape index (κ3) is 16.0. The summed E-state index contributed by atoms with van der Waals surface area (Å²) in [6.45, 7) is 0. The van der Waals surface area contributed by atoms with Gasteiger partial charge >= 0.3 is 0 Å². The maximum atomic E-state index is 6.80. The van der Waals surface area contributed by atoms with Crippen LogP contribution in [-0.2, 0) is 0 Å². The molecule has 22 aromatic carbocycles. The molecule has 694 valence electrons. The number of hydrogen-bond acceptors (Lipinski definition) is 14. The second-order valence-corrected chi connectivity index (χ2v) is 36.6. The zero-order valence-electron chi connectivity index (χ0n) is 79.6. The van der Waals surface area contributed by atoms with Gasteiger partial charge < -0.3 is 27.6 Å². The van der Waals surface area contributed by atoms with Gasteiger partial charge in [-0.15, -0.1) is 0 Å². The molecule has 0 spiro atoms. The van der Waals surface area contributed by atoms with Gasteiger partial charge in [0.25, 0.3) is 0 Å². The molecule has 15 nitrogen and oxygen atoms in total. The van der Waals surface area contributed by atoms with E-state index in [1.807, 2.05) is 206 Å². The molecule has 0 bridgehead atoms. The van der Waals surface area contributed by atoms with Gasteiger partial charge in [-0.1, -0.05) is 376 Å². The van der Waals surface area contributed by atoms with Crippen LogP contribution in [0.1, 0.15) is 0 Å². The number of furan rings is 3. The Morgan fingerprint density at radius 2 is 0.399 bits per heavy atom. The first-order chi connectivity index (χ1) is 73.4. The molecule has 0 atom stereocenters. The summed E-state index contributed by atoms with van der Waals surface area (Å²) >= 11 is 0. The first-order valence-electron chi connectivity index (χ1n) is 49.4. The smallest absolute Gasteiger partial charge is 0.164 e. The van der Waals surface area contributed by atoms with Gasteiger partial charge in [0.15, 0.2) is 52.4 Å². The monoisotopic (exact) mass is 1900 g/mol. The van der Waals surface area contributed by atoms with Gasteiger partial charge in [-0.05, 0) is 142 Å². The van der Waals surface area contributed by atoms with Crippen LogP contribution >= 0.6 is 0 Å². The maximum absolute atomic E-state index is 6.80. The third-order valence-corrected chi connectivity index (χ3v) is 27.6. The Morgan fingerprint density at radius 1 is 0.155 bits per heavy atom. The van der Waals surface area contributed by atoms with E-state index in [2.05, 4.69) is 318 Å². The number of aromatic nitrogens is 10. The van der Waals surface area contributed by atoms with Crippen molar-refractivity contribution in [1.29, 1.82) is 0 Å². The molecule has 0 aliphatic heterocycles. The molecule has 0 N–H and O–H groups in total. The molecule has 0 saturated heterocycles. The zero-order chi connectivity index (χ0) is 97.9. The van der Waals surface area contributed by atoms with E-state index in [-0.39, 0.29) is 0 Å². The molecule has 148 heavy (non-hydrogen) atoms. The highest BCUT2D eigenvalue weighted by Crippen LogP contribution is 2.49. The summed E-state index contributed by atoms with van der Waals surface area (Å²) in [7, 11) is 0. The average molecular weight is 1900 g/mol. The molecule has 29 aromatic rings. The molecule has 0 amide bonds. The molecule has 0 fully saturated rings. The molecular formula is C133H84N12O3. The predicted molar refractivity (Wildman–Crippen MR) is 604 cm³/mol. The minimum atomic E-state index is 0.614. The van der Waals surface area contributed by atoms with Crippen LogP contribution in [-0.4, -0.2) is 49.4 Å². The highest BCUT2D eigenvalue weighted by molar-refractivity contribution is 6.23. The molecule has 29 rings (SSSR count).